The second-order valence-electron chi connectivity index (χ2n) is 7.57. The second-order valence-corrected chi connectivity index (χ2v) is 7.57. The molecule has 0 saturated heterocycles. The molecule has 0 amide bonds. The second kappa shape index (κ2) is 6.68. The fourth-order valence-corrected chi connectivity index (χ4v) is 4.23. The standard InChI is InChI=1S/C23H22N4/c24-15-17-5-7-19(8-6-17)22-13-14-26(25-22)16-27(20-10-11-20)23-12-9-18-3-1-2-4-21(18)23/h1-8,13-14,20,23H,9-12,16H2. The van der Waals surface area contributed by atoms with Crippen molar-refractivity contribution in [3.05, 3.63) is 77.5 Å². The lowest BCUT2D eigenvalue weighted by Crippen LogP contribution is -2.32. The first kappa shape index (κ1) is 16.3. The van der Waals surface area contributed by atoms with Gasteiger partial charge in [-0.2, -0.15) is 10.4 Å². The summed E-state index contributed by atoms with van der Waals surface area (Å²) in [6.45, 7) is 0.833. The van der Waals surface area contributed by atoms with Crippen molar-refractivity contribution in [2.45, 2.75) is 44.4 Å². The first-order chi connectivity index (χ1) is 13.3. The van der Waals surface area contributed by atoms with Crippen LogP contribution in [0.4, 0.5) is 0 Å². The highest BCUT2D eigenvalue weighted by Crippen LogP contribution is 2.42. The van der Waals surface area contributed by atoms with Gasteiger partial charge in [-0.05, 0) is 55.0 Å². The third kappa shape index (κ3) is 3.15. The maximum Gasteiger partial charge on any atom is 0.0991 e. The Morgan fingerprint density at radius 3 is 2.63 bits per heavy atom. The molecule has 0 spiro atoms. The van der Waals surface area contributed by atoms with Crippen LogP contribution in [-0.2, 0) is 13.1 Å². The van der Waals surface area contributed by atoms with Crippen LogP contribution < -0.4 is 0 Å². The monoisotopic (exact) mass is 354 g/mol. The molecule has 1 atom stereocenters. The zero-order valence-electron chi connectivity index (χ0n) is 15.3. The maximum absolute atomic E-state index is 8.96. The van der Waals surface area contributed by atoms with Crippen LogP contribution in [-0.4, -0.2) is 20.7 Å². The molecule has 134 valence electrons. The van der Waals surface area contributed by atoms with Gasteiger partial charge in [0.1, 0.15) is 0 Å². The first-order valence-corrected chi connectivity index (χ1v) is 9.69. The molecular formula is C23H22N4. The Bertz CT molecular complexity index is 992. The normalized spacial score (nSPS) is 18.4. The quantitative estimate of drug-likeness (QED) is 0.676. The van der Waals surface area contributed by atoms with E-state index in [9.17, 15) is 0 Å². The van der Waals surface area contributed by atoms with Crippen molar-refractivity contribution in [2.24, 2.45) is 0 Å². The molecule has 27 heavy (non-hydrogen) atoms. The van der Waals surface area contributed by atoms with Crippen LogP contribution in [0.3, 0.4) is 0 Å². The largest absolute Gasteiger partial charge is 0.274 e. The summed E-state index contributed by atoms with van der Waals surface area (Å²) in [5.41, 5.74) is 5.70. The van der Waals surface area contributed by atoms with Gasteiger partial charge in [-0.15, -0.1) is 0 Å². The molecule has 1 saturated carbocycles. The minimum atomic E-state index is 0.510. The smallest absolute Gasteiger partial charge is 0.0991 e. The Labute approximate surface area is 159 Å². The number of aryl methyl sites for hydroxylation is 1. The Kier molecular flexibility index (Phi) is 4.03. The molecule has 1 fully saturated rings. The highest BCUT2D eigenvalue weighted by Gasteiger charge is 2.37. The zero-order chi connectivity index (χ0) is 18.2. The highest BCUT2D eigenvalue weighted by molar-refractivity contribution is 5.59. The molecule has 1 unspecified atom stereocenters. The average molecular weight is 354 g/mol. The third-order valence-corrected chi connectivity index (χ3v) is 5.78. The average Bonchev–Trinajstić information content (AvgIpc) is 3.30. The lowest BCUT2D eigenvalue weighted by molar-refractivity contribution is 0.133. The molecule has 2 aromatic carbocycles. The first-order valence-electron chi connectivity index (χ1n) is 9.69. The number of rotatable bonds is 5. The molecule has 4 heteroatoms. The van der Waals surface area contributed by atoms with Crippen molar-refractivity contribution in [3.8, 4) is 17.3 Å². The molecule has 0 aliphatic heterocycles. The third-order valence-electron chi connectivity index (χ3n) is 5.78. The number of hydrogen-bond acceptors (Lipinski definition) is 3. The van der Waals surface area contributed by atoms with E-state index in [2.05, 4.69) is 52.2 Å². The van der Waals surface area contributed by atoms with Crippen LogP contribution >= 0.6 is 0 Å². The molecule has 1 aromatic heterocycles. The number of nitriles is 1. The molecule has 5 rings (SSSR count). The van der Waals surface area contributed by atoms with Gasteiger partial charge in [-0.1, -0.05) is 36.4 Å². The van der Waals surface area contributed by atoms with Gasteiger partial charge < -0.3 is 0 Å². The van der Waals surface area contributed by atoms with Crippen molar-refractivity contribution in [3.63, 3.8) is 0 Å². The van der Waals surface area contributed by atoms with Crippen LogP contribution in [0.2, 0.25) is 0 Å². The fraction of sp³-hybridized carbons (Fsp3) is 0.304. The minimum Gasteiger partial charge on any atom is -0.274 e. The number of benzene rings is 2. The number of hydrogen-bond donors (Lipinski definition) is 0. The van der Waals surface area contributed by atoms with E-state index in [1.807, 2.05) is 24.3 Å². The molecule has 4 nitrogen and oxygen atoms in total. The predicted octanol–water partition coefficient (Wildman–Crippen LogP) is 4.53. The molecule has 3 aromatic rings. The predicted molar refractivity (Wildman–Crippen MR) is 105 cm³/mol. The molecule has 2 aliphatic rings. The number of aromatic nitrogens is 2. The molecular weight excluding hydrogens is 332 g/mol. The Hall–Kier alpha value is -2.90. The van der Waals surface area contributed by atoms with Crippen molar-refractivity contribution >= 4 is 0 Å². The van der Waals surface area contributed by atoms with E-state index < -0.39 is 0 Å². The van der Waals surface area contributed by atoms with Crippen molar-refractivity contribution in [1.29, 1.82) is 5.26 Å². The minimum absolute atomic E-state index is 0.510. The number of nitrogens with zero attached hydrogens (tertiary/aromatic N) is 4. The highest BCUT2D eigenvalue weighted by atomic mass is 15.4. The van der Waals surface area contributed by atoms with E-state index in [0.717, 1.165) is 17.9 Å². The summed E-state index contributed by atoms with van der Waals surface area (Å²) >= 11 is 0. The van der Waals surface area contributed by atoms with E-state index in [0.29, 0.717) is 17.6 Å². The molecule has 0 radical (unpaired) electrons. The SMILES string of the molecule is N#Cc1ccc(-c2ccn(CN(C3CC3)C3CCc4ccccc43)n2)cc1. The summed E-state index contributed by atoms with van der Waals surface area (Å²) in [6.07, 6.45) is 7.05. The summed E-state index contributed by atoms with van der Waals surface area (Å²) in [6, 6.07) is 21.9. The summed E-state index contributed by atoms with van der Waals surface area (Å²) in [4.78, 5) is 2.64. The van der Waals surface area contributed by atoms with Crippen LogP contribution in [0.25, 0.3) is 11.3 Å². The van der Waals surface area contributed by atoms with Crippen LogP contribution in [0.15, 0.2) is 60.8 Å². The van der Waals surface area contributed by atoms with Gasteiger partial charge in [-0.25, -0.2) is 0 Å². The van der Waals surface area contributed by atoms with Gasteiger partial charge in [0.2, 0.25) is 0 Å². The topological polar surface area (TPSA) is 44.9 Å². The lowest BCUT2D eigenvalue weighted by atomic mass is 10.1. The summed E-state index contributed by atoms with van der Waals surface area (Å²) < 4.78 is 2.06. The summed E-state index contributed by atoms with van der Waals surface area (Å²) in [5, 5.41) is 13.8. The summed E-state index contributed by atoms with van der Waals surface area (Å²) in [5.74, 6) is 0. The van der Waals surface area contributed by atoms with E-state index in [-0.39, 0.29) is 0 Å². The number of fused-ring (bicyclic) bond motifs is 1. The molecule has 0 bridgehead atoms. The summed E-state index contributed by atoms with van der Waals surface area (Å²) in [7, 11) is 0. The van der Waals surface area contributed by atoms with Gasteiger partial charge >= 0.3 is 0 Å². The molecule has 2 aliphatic carbocycles. The van der Waals surface area contributed by atoms with E-state index in [1.165, 1.54) is 36.8 Å². The van der Waals surface area contributed by atoms with Gasteiger partial charge in [0.25, 0.3) is 0 Å². The Morgan fingerprint density at radius 1 is 1.04 bits per heavy atom. The van der Waals surface area contributed by atoms with Crippen LogP contribution in [0, 0.1) is 11.3 Å². The maximum atomic E-state index is 8.96. The fourth-order valence-electron chi connectivity index (χ4n) is 4.23. The van der Waals surface area contributed by atoms with Gasteiger partial charge in [0.15, 0.2) is 0 Å². The Morgan fingerprint density at radius 2 is 1.85 bits per heavy atom. The zero-order valence-corrected chi connectivity index (χ0v) is 15.3. The Balaban J connectivity index is 1.37. The van der Waals surface area contributed by atoms with E-state index >= 15 is 0 Å². The van der Waals surface area contributed by atoms with Gasteiger partial charge in [-0.3, -0.25) is 9.58 Å². The van der Waals surface area contributed by atoms with Crippen LogP contribution in [0.1, 0.15) is 42.0 Å². The van der Waals surface area contributed by atoms with Gasteiger partial charge in [0.05, 0.1) is 24.0 Å². The molecule has 0 N–H and O–H groups in total. The van der Waals surface area contributed by atoms with Crippen LogP contribution in [0.5, 0.6) is 0 Å². The van der Waals surface area contributed by atoms with Crippen molar-refractivity contribution in [2.75, 3.05) is 0 Å². The van der Waals surface area contributed by atoms with Crippen molar-refractivity contribution < 1.29 is 0 Å². The van der Waals surface area contributed by atoms with E-state index in [1.54, 1.807) is 0 Å². The van der Waals surface area contributed by atoms with Crippen molar-refractivity contribution in [1.82, 2.24) is 14.7 Å². The van der Waals surface area contributed by atoms with E-state index in [4.69, 9.17) is 10.4 Å². The molecule has 1 heterocycles. The van der Waals surface area contributed by atoms with Gasteiger partial charge in [0, 0.05) is 23.8 Å². The lowest BCUT2D eigenvalue weighted by Gasteiger charge is -2.29.